The summed E-state index contributed by atoms with van der Waals surface area (Å²) >= 11 is 0. The summed E-state index contributed by atoms with van der Waals surface area (Å²) in [5, 5.41) is 20.3. The van der Waals surface area contributed by atoms with Gasteiger partial charge in [0, 0.05) is 18.0 Å². The van der Waals surface area contributed by atoms with Crippen molar-refractivity contribution in [3.05, 3.63) is 58.7 Å². The van der Waals surface area contributed by atoms with E-state index in [1.54, 1.807) is 18.1 Å². The first-order valence-corrected chi connectivity index (χ1v) is 9.82. The molecule has 4 N–H and O–H groups in total. The van der Waals surface area contributed by atoms with Gasteiger partial charge in [-0.05, 0) is 48.7 Å². The highest BCUT2D eigenvalue weighted by molar-refractivity contribution is 5.86. The number of carbonyl (C=O) groups excluding carboxylic acids is 1. The van der Waals surface area contributed by atoms with E-state index in [4.69, 9.17) is 4.74 Å². The van der Waals surface area contributed by atoms with Crippen LogP contribution in [-0.4, -0.2) is 47.3 Å². The topological polar surface area (TPSA) is 94.1 Å². The van der Waals surface area contributed by atoms with Crippen LogP contribution in [-0.2, 0) is 4.79 Å². The predicted molar refractivity (Wildman–Crippen MR) is 108 cm³/mol. The van der Waals surface area contributed by atoms with E-state index in [2.05, 4.69) is 10.9 Å². The van der Waals surface area contributed by atoms with E-state index in [0.29, 0.717) is 0 Å². The molecule has 2 aliphatic heterocycles. The highest BCUT2D eigenvalue weighted by Gasteiger charge is 2.55. The third-order valence-corrected chi connectivity index (χ3v) is 6.03. The van der Waals surface area contributed by atoms with Crippen molar-refractivity contribution in [2.24, 2.45) is 5.92 Å². The highest BCUT2D eigenvalue weighted by atomic mass is 16.5. The van der Waals surface area contributed by atoms with Gasteiger partial charge in [0.15, 0.2) is 0 Å². The standard InChI is InChI=1S/C22H27N3O4/c1-12-10-13(2)17(16(27)11-12)19-18-20(24-23-19)22(28)25(8-9-26)21(18)14-4-6-15(29-3)7-5-14/h4-7,10-11,18-21,23-24,26-27H,8-9H2,1-3H3. The SMILES string of the molecule is COc1ccc(C2C3C(NNC3c3c(C)cc(C)cc3O)C(=O)N2CCO)cc1. The molecule has 2 aliphatic rings. The molecule has 154 valence electrons. The molecular weight excluding hydrogens is 370 g/mol. The van der Waals surface area contributed by atoms with Crippen molar-refractivity contribution in [3.63, 3.8) is 0 Å². The largest absolute Gasteiger partial charge is 0.508 e. The smallest absolute Gasteiger partial charge is 0.242 e. The molecule has 2 fully saturated rings. The van der Waals surface area contributed by atoms with Crippen molar-refractivity contribution in [1.82, 2.24) is 15.8 Å². The summed E-state index contributed by atoms with van der Waals surface area (Å²) in [7, 11) is 1.62. The maximum absolute atomic E-state index is 13.1. The summed E-state index contributed by atoms with van der Waals surface area (Å²) in [6, 6.07) is 10.5. The van der Waals surface area contributed by atoms with Crippen LogP contribution in [0.3, 0.4) is 0 Å². The van der Waals surface area contributed by atoms with Crippen molar-refractivity contribution in [3.8, 4) is 11.5 Å². The van der Waals surface area contributed by atoms with Crippen LogP contribution < -0.4 is 15.6 Å². The normalized spacial score (nSPS) is 26.1. The van der Waals surface area contributed by atoms with Crippen LogP contribution in [0.4, 0.5) is 0 Å². The van der Waals surface area contributed by atoms with Crippen LogP contribution in [0.15, 0.2) is 36.4 Å². The summed E-state index contributed by atoms with van der Waals surface area (Å²) in [5.74, 6) is 0.775. The van der Waals surface area contributed by atoms with Gasteiger partial charge in [0.1, 0.15) is 17.5 Å². The number of phenols is 1. The molecule has 1 amide bonds. The summed E-state index contributed by atoms with van der Waals surface area (Å²) in [4.78, 5) is 14.8. The van der Waals surface area contributed by atoms with Gasteiger partial charge < -0.3 is 19.8 Å². The fourth-order valence-corrected chi connectivity index (χ4v) is 4.86. The zero-order valence-corrected chi connectivity index (χ0v) is 16.8. The molecule has 0 spiro atoms. The number of nitrogens with zero attached hydrogens (tertiary/aromatic N) is 1. The third kappa shape index (κ3) is 3.25. The number of β-amino-alcohol motifs (C(OH)–C–C–N with tert-alkyl or cyclic N) is 1. The summed E-state index contributed by atoms with van der Waals surface area (Å²) in [6.07, 6.45) is 0. The summed E-state index contributed by atoms with van der Waals surface area (Å²) in [5.41, 5.74) is 10.1. The number of phenolic OH excluding ortho intramolecular Hbond substituents is 1. The first-order valence-electron chi connectivity index (χ1n) is 9.82. The molecule has 7 heteroatoms. The first-order chi connectivity index (χ1) is 14.0. The maximum Gasteiger partial charge on any atom is 0.242 e. The molecule has 0 aromatic heterocycles. The number of amides is 1. The fraction of sp³-hybridized carbons (Fsp3) is 0.409. The molecule has 0 radical (unpaired) electrons. The van der Waals surface area contributed by atoms with Crippen LogP contribution in [0.5, 0.6) is 11.5 Å². The molecule has 2 heterocycles. The van der Waals surface area contributed by atoms with Crippen LogP contribution in [0.1, 0.15) is 34.3 Å². The van der Waals surface area contributed by atoms with Gasteiger partial charge in [0.05, 0.1) is 25.8 Å². The Bertz CT molecular complexity index is 892. The molecule has 2 saturated heterocycles. The lowest BCUT2D eigenvalue weighted by Crippen LogP contribution is -2.42. The Morgan fingerprint density at radius 1 is 1.10 bits per heavy atom. The van der Waals surface area contributed by atoms with Crippen LogP contribution in [0.25, 0.3) is 0 Å². The van der Waals surface area contributed by atoms with Gasteiger partial charge in [-0.3, -0.25) is 4.79 Å². The number of hydrogen-bond acceptors (Lipinski definition) is 6. The predicted octanol–water partition coefficient (Wildman–Crippen LogP) is 1.73. The number of fused-ring (bicyclic) bond motifs is 1. The second-order valence-corrected chi connectivity index (χ2v) is 7.81. The Morgan fingerprint density at radius 2 is 1.79 bits per heavy atom. The number of nitrogens with one attached hydrogen (secondary N) is 2. The van der Waals surface area contributed by atoms with E-state index < -0.39 is 6.04 Å². The summed E-state index contributed by atoms with van der Waals surface area (Å²) < 4.78 is 5.27. The monoisotopic (exact) mass is 397 g/mol. The van der Waals surface area contributed by atoms with E-state index >= 15 is 0 Å². The van der Waals surface area contributed by atoms with E-state index in [1.807, 2.05) is 44.2 Å². The summed E-state index contributed by atoms with van der Waals surface area (Å²) in [6.45, 7) is 4.07. The second kappa shape index (κ2) is 7.67. The van der Waals surface area contributed by atoms with Gasteiger partial charge >= 0.3 is 0 Å². The molecular formula is C22H27N3O4. The van der Waals surface area contributed by atoms with Crippen molar-refractivity contribution in [2.75, 3.05) is 20.3 Å². The Morgan fingerprint density at radius 3 is 2.41 bits per heavy atom. The van der Waals surface area contributed by atoms with Gasteiger partial charge in [-0.25, -0.2) is 10.9 Å². The average molecular weight is 397 g/mol. The number of aliphatic hydroxyl groups is 1. The van der Waals surface area contributed by atoms with Gasteiger partial charge in [-0.15, -0.1) is 0 Å². The molecule has 2 aromatic carbocycles. The number of ether oxygens (including phenoxy) is 1. The lowest BCUT2D eigenvalue weighted by Gasteiger charge is -2.31. The van der Waals surface area contributed by atoms with Crippen LogP contribution in [0, 0.1) is 19.8 Å². The molecule has 4 atom stereocenters. The van der Waals surface area contributed by atoms with Crippen molar-refractivity contribution in [1.29, 1.82) is 0 Å². The lowest BCUT2D eigenvalue weighted by atomic mass is 9.81. The minimum atomic E-state index is -0.432. The maximum atomic E-state index is 13.1. The number of likely N-dealkylation sites (tertiary alicyclic amines) is 1. The van der Waals surface area contributed by atoms with E-state index in [0.717, 1.165) is 28.0 Å². The lowest BCUT2D eigenvalue weighted by molar-refractivity contribution is -0.131. The number of hydrogen-bond donors (Lipinski definition) is 4. The zero-order chi connectivity index (χ0) is 20.7. The fourth-order valence-electron chi connectivity index (χ4n) is 4.86. The number of methoxy groups -OCH3 is 1. The molecule has 7 nitrogen and oxygen atoms in total. The number of aliphatic hydroxyl groups excluding tert-OH is 1. The number of aryl methyl sites for hydroxylation is 2. The van der Waals surface area contributed by atoms with E-state index in [-0.39, 0.29) is 42.8 Å². The van der Waals surface area contributed by atoms with Crippen molar-refractivity contribution in [2.45, 2.75) is 32.0 Å². The molecule has 4 rings (SSSR count). The molecule has 0 aliphatic carbocycles. The molecule has 2 aromatic rings. The van der Waals surface area contributed by atoms with Gasteiger partial charge in [0.25, 0.3) is 0 Å². The Labute approximate surface area is 170 Å². The molecule has 4 unspecified atom stereocenters. The van der Waals surface area contributed by atoms with E-state index in [9.17, 15) is 15.0 Å². The minimum Gasteiger partial charge on any atom is -0.508 e. The first kappa shape index (κ1) is 19.7. The average Bonchev–Trinajstić information content (AvgIpc) is 3.22. The number of carbonyl (C=O) groups is 1. The highest BCUT2D eigenvalue weighted by Crippen LogP contribution is 2.49. The molecule has 29 heavy (non-hydrogen) atoms. The second-order valence-electron chi connectivity index (χ2n) is 7.81. The van der Waals surface area contributed by atoms with Crippen molar-refractivity contribution >= 4 is 5.91 Å². The number of aromatic hydroxyl groups is 1. The number of hydrazine groups is 1. The minimum absolute atomic E-state index is 0.0517. The quantitative estimate of drug-likeness (QED) is 0.614. The zero-order valence-electron chi connectivity index (χ0n) is 16.8. The Balaban J connectivity index is 1.79. The molecule has 0 saturated carbocycles. The van der Waals surface area contributed by atoms with Crippen LogP contribution in [0.2, 0.25) is 0 Å². The number of rotatable bonds is 5. The van der Waals surface area contributed by atoms with Crippen LogP contribution >= 0.6 is 0 Å². The number of benzene rings is 2. The Kier molecular flexibility index (Phi) is 5.21. The van der Waals surface area contributed by atoms with Gasteiger partial charge in [0.2, 0.25) is 5.91 Å². The van der Waals surface area contributed by atoms with Crippen molar-refractivity contribution < 1.29 is 19.7 Å². The third-order valence-electron chi connectivity index (χ3n) is 6.03. The van der Waals surface area contributed by atoms with Gasteiger partial charge in [-0.1, -0.05) is 18.2 Å². The molecule has 0 bridgehead atoms. The van der Waals surface area contributed by atoms with E-state index in [1.165, 1.54) is 0 Å². The van der Waals surface area contributed by atoms with Gasteiger partial charge in [-0.2, -0.15) is 0 Å². The Hall–Kier alpha value is -2.61.